The van der Waals surface area contributed by atoms with Gasteiger partial charge in [0.15, 0.2) is 0 Å². The van der Waals surface area contributed by atoms with Crippen LogP contribution in [0.1, 0.15) is 15.9 Å². The molecule has 2 aromatic carbocycles. The molecule has 0 aliphatic carbocycles. The maximum atomic E-state index is 12.2. The van der Waals surface area contributed by atoms with Crippen molar-refractivity contribution in [2.45, 2.75) is 6.42 Å². The molecular formula is C20H25N3O3. The molecule has 0 saturated carbocycles. The maximum Gasteiger partial charge on any atom is 0.251 e. The van der Waals surface area contributed by atoms with Crippen LogP contribution in [-0.4, -0.2) is 45.2 Å². The highest BCUT2D eigenvalue weighted by Gasteiger charge is 2.06. The molecular weight excluding hydrogens is 330 g/mol. The number of methoxy groups -OCH3 is 1. The highest BCUT2D eigenvalue weighted by molar-refractivity contribution is 5.96. The molecule has 0 aromatic heterocycles. The fourth-order valence-electron chi connectivity index (χ4n) is 2.35. The SMILES string of the molecule is COCCNCC(=O)Nc1ccc(C(=O)NCCc2ccccc2)cc1. The van der Waals surface area contributed by atoms with E-state index >= 15 is 0 Å². The lowest BCUT2D eigenvalue weighted by Crippen LogP contribution is -2.30. The number of anilines is 1. The number of rotatable bonds is 10. The van der Waals surface area contributed by atoms with Crippen molar-refractivity contribution in [3.05, 3.63) is 65.7 Å². The summed E-state index contributed by atoms with van der Waals surface area (Å²) in [6, 6.07) is 16.9. The first kappa shape index (κ1) is 19.6. The molecule has 0 atom stereocenters. The van der Waals surface area contributed by atoms with Gasteiger partial charge >= 0.3 is 0 Å². The second-order valence-electron chi connectivity index (χ2n) is 5.79. The first-order chi connectivity index (χ1) is 12.7. The number of benzene rings is 2. The summed E-state index contributed by atoms with van der Waals surface area (Å²) in [7, 11) is 1.61. The van der Waals surface area contributed by atoms with Gasteiger partial charge in [0.1, 0.15) is 0 Å². The van der Waals surface area contributed by atoms with E-state index in [0.29, 0.717) is 30.9 Å². The molecule has 26 heavy (non-hydrogen) atoms. The summed E-state index contributed by atoms with van der Waals surface area (Å²) in [5.74, 6) is -0.263. The lowest BCUT2D eigenvalue weighted by atomic mass is 10.1. The zero-order chi connectivity index (χ0) is 18.6. The third-order valence-electron chi connectivity index (χ3n) is 3.74. The quantitative estimate of drug-likeness (QED) is 0.568. The van der Waals surface area contributed by atoms with Gasteiger partial charge in [-0.25, -0.2) is 0 Å². The molecule has 2 rings (SSSR count). The number of hydrogen-bond acceptors (Lipinski definition) is 4. The molecule has 6 nitrogen and oxygen atoms in total. The van der Waals surface area contributed by atoms with Gasteiger partial charge in [-0.15, -0.1) is 0 Å². The minimum Gasteiger partial charge on any atom is -0.383 e. The Kier molecular flexibility index (Phi) is 8.32. The monoisotopic (exact) mass is 355 g/mol. The summed E-state index contributed by atoms with van der Waals surface area (Å²) >= 11 is 0. The first-order valence-corrected chi connectivity index (χ1v) is 8.60. The van der Waals surface area contributed by atoms with Crippen molar-refractivity contribution in [1.82, 2.24) is 10.6 Å². The van der Waals surface area contributed by atoms with Crippen LogP contribution < -0.4 is 16.0 Å². The van der Waals surface area contributed by atoms with Gasteiger partial charge in [0, 0.05) is 31.5 Å². The van der Waals surface area contributed by atoms with Crippen molar-refractivity contribution in [1.29, 1.82) is 0 Å². The van der Waals surface area contributed by atoms with E-state index in [0.717, 1.165) is 6.42 Å². The topological polar surface area (TPSA) is 79.5 Å². The van der Waals surface area contributed by atoms with E-state index in [4.69, 9.17) is 4.74 Å². The second-order valence-corrected chi connectivity index (χ2v) is 5.79. The Hall–Kier alpha value is -2.70. The van der Waals surface area contributed by atoms with Crippen LogP contribution in [0, 0.1) is 0 Å². The van der Waals surface area contributed by atoms with Crippen LogP contribution in [0.4, 0.5) is 5.69 Å². The number of carbonyl (C=O) groups is 2. The van der Waals surface area contributed by atoms with Crippen LogP contribution in [0.2, 0.25) is 0 Å². The van der Waals surface area contributed by atoms with Gasteiger partial charge < -0.3 is 20.7 Å². The number of carbonyl (C=O) groups excluding carboxylic acids is 2. The highest BCUT2D eigenvalue weighted by atomic mass is 16.5. The third kappa shape index (κ3) is 7.04. The van der Waals surface area contributed by atoms with Crippen LogP contribution in [0.3, 0.4) is 0 Å². The second kappa shape index (κ2) is 11.0. The van der Waals surface area contributed by atoms with Crippen LogP contribution in [0.15, 0.2) is 54.6 Å². The van der Waals surface area contributed by atoms with E-state index in [2.05, 4.69) is 16.0 Å². The summed E-state index contributed by atoms with van der Waals surface area (Å²) in [4.78, 5) is 23.9. The predicted octanol–water partition coefficient (Wildman–Crippen LogP) is 1.83. The third-order valence-corrected chi connectivity index (χ3v) is 3.74. The molecule has 138 valence electrons. The fourth-order valence-corrected chi connectivity index (χ4v) is 2.35. The summed E-state index contributed by atoms with van der Waals surface area (Å²) in [5, 5.41) is 8.65. The summed E-state index contributed by atoms with van der Waals surface area (Å²) in [6.07, 6.45) is 0.788. The van der Waals surface area contributed by atoms with Crippen molar-refractivity contribution in [2.75, 3.05) is 38.7 Å². The van der Waals surface area contributed by atoms with E-state index < -0.39 is 0 Å². The molecule has 0 spiro atoms. The molecule has 6 heteroatoms. The number of ether oxygens (including phenoxy) is 1. The first-order valence-electron chi connectivity index (χ1n) is 8.60. The van der Waals surface area contributed by atoms with Crippen LogP contribution in [0.25, 0.3) is 0 Å². The Morgan fingerprint density at radius 2 is 1.69 bits per heavy atom. The average Bonchev–Trinajstić information content (AvgIpc) is 2.66. The van der Waals surface area contributed by atoms with Crippen molar-refractivity contribution >= 4 is 17.5 Å². The lowest BCUT2D eigenvalue weighted by molar-refractivity contribution is -0.115. The summed E-state index contributed by atoms with van der Waals surface area (Å²) < 4.78 is 4.90. The normalized spacial score (nSPS) is 10.3. The van der Waals surface area contributed by atoms with Crippen LogP contribution >= 0.6 is 0 Å². The van der Waals surface area contributed by atoms with Crippen molar-refractivity contribution in [3.8, 4) is 0 Å². The predicted molar refractivity (Wildman–Crippen MR) is 102 cm³/mol. The number of amides is 2. The van der Waals surface area contributed by atoms with E-state index in [-0.39, 0.29) is 18.4 Å². The number of hydrogen-bond donors (Lipinski definition) is 3. The van der Waals surface area contributed by atoms with Gasteiger partial charge in [-0.2, -0.15) is 0 Å². The Morgan fingerprint density at radius 1 is 0.962 bits per heavy atom. The van der Waals surface area contributed by atoms with Gasteiger partial charge in [-0.05, 0) is 36.2 Å². The molecule has 2 aromatic rings. The molecule has 0 aliphatic rings. The van der Waals surface area contributed by atoms with Gasteiger partial charge in [-0.1, -0.05) is 30.3 Å². The molecule has 0 saturated heterocycles. The van der Waals surface area contributed by atoms with E-state index in [1.807, 2.05) is 30.3 Å². The van der Waals surface area contributed by atoms with Gasteiger partial charge in [-0.3, -0.25) is 9.59 Å². The lowest BCUT2D eigenvalue weighted by Gasteiger charge is -2.08. The molecule has 3 N–H and O–H groups in total. The molecule has 0 bridgehead atoms. The zero-order valence-corrected chi connectivity index (χ0v) is 15.0. The van der Waals surface area contributed by atoms with Crippen molar-refractivity contribution in [3.63, 3.8) is 0 Å². The minimum atomic E-state index is -0.138. The zero-order valence-electron chi connectivity index (χ0n) is 15.0. The van der Waals surface area contributed by atoms with Crippen LogP contribution in [-0.2, 0) is 16.0 Å². The minimum absolute atomic E-state index is 0.125. The van der Waals surface area contributed by atoms with Crippen molar-refractivity contribution < 1.29 is 14.3 Å². The Morgan fingerprint density at radius 3 is 2.38 bits per heavy atom. The molecule has 0 unspecified atom stereocenters. The van der Waals surface area contributed by atoms with Gasteiger partial charge in [0.05, 0.1) is 13.2 Å². The van der Waals surface area contributed by atoms with Crippen LogP contribution in [0.5, 0.6) is 0 Å². The van der Waals surface area contributed by atoms with E-state index in [9.17, 15) is 9.59 Å². The molecule has 2 amide bonds. The maximum absolute atomic E-state index is 12.2. The molecule has 0 radical (unpaired) electrons. The summed E-state index contributed by atoms with van der Waals surface area (Å²) in [6.45, 7) is 1.97. The molecule has 0 heterocycles. The molecule has 0 fully saturated rings. The highest BCUT2D eigenvalue weighted by Crippen LogP contribution is 2.09. The standard InChI is InChI=1S/C20H25N3O3/c1-26-14-13-21-15-19(24)23-18-9-7-17(8-10-18)20(25)22-12-11-16-5-3-2-4-6-16/h2-10,21H,11-15H2,1H3,(H,22,25)(H,23,24). The number of nitrogens with one attached hydrogen (secondary N) is 3. The van der Waals surface area contributed by atoms with E-state index in [1.165, 1.54) is 5.56 Å². The molecule has 0 aliphatic heterocycles. The van der Waals surface area contributed by atoms with Gasteiger partial charge in [0.2, 0.25) is 5.91 Å². The Labute approximate surface area is 153 Å². The Bertz CT molecular complexity index is 687. The average molecular weight is 355 g/mol. The van der Waals surface area contributed by atoms with Crippen molar-refractivity contribution in [2.24, 2.45) is 0 Å². The smallest absolute Gasteiger partial charge is 0.251 e. The summed E-state index contributed by atoms with van der Waals surface area (Å²) in [5.41, 5.74) is 2.41. The Balaban J connectivity index is 1.73. The largest absolute Gasteiger partial charge is 0.383 e. The fraction of sp³-hybridized carbons (Fsp3) is 0.300. The van der Waals surface area contributed by atoms with Gasteiger partial charge in [0.25, 0.3) is 5.91 Å². The van der Waals surface area contributed by atoms with E-state index in [1.54, 1.807) is 31.4 Å².